The van der Waals surface area contributed by atoms with Crippen LogP contribution in [-0.4, -0.2) is 5.11 Å². The molecule has 68 valence electrons. The summed E-state index contributed by atoms with van der Waals surface area (Å²) in [5, 5.41) is 8.81. The molecule has 0 aliphatic rings. The molecular formula is C8H11BrFNO. The average Bonchev–Trinajstić information content (AvgIpc) is 2.04. The average molecular weight is 236 g/mol. The van der Waals surface area contributed by atoms with E-state index < -0.39 is 11.6 Å². The van der Waals surface area contributed by atoms with Gasteiger partial charge in [-0.15, -0.1) is 0 Å². The minimum Gasteiger partial charge on any atom is -0.503 e. The van der Waals surface area contributed by atoms with Gasteiger partial charge in [0.05, 0.1) is 5.69 Å². The third-order valence-electron chi connectivity index (χ3n) is 1.06. The van der Waals surface area contributed by atoms with E-state index in [9.17, 15) is 4.39 Å². The van der Waals surface area contributed by atoms with Crippen molar-refractivity contribution < 1.29 is 9.50 Å². The number of benzene rings is 1. The lowest BCUT2D eigenvalue weighted by atomic mass is 10.3. The number of hydrogen-bond acceptors (Lipinski definition) is 2. The van der Waals surface area contributed by atoms with Crippen LogP contribution < -0.4 is 5.73 Å². The van der Waals surface area contributed by atoms with Crippen LogP contribution in [0, 0.1) is 5.82 Å². The lowest BCUT2D eigenvalue weighted by Crippen LogP contribution is -1.87. The largest absolute Gasteiger partial charge is 0.503 e. The summed E-state index contributed by atoms with van der Waals surface area (Å²) in [6.07, 6.45) is 0. The maximum absolute atomic E-state index is 12.5. The number of halogens is 2. The molecule has 12 heavy (non-hydrogen) atoms. The number of anilines is 1. The molecule has 0 spiro atoms. The fraction of sp³-hybridized carbons (Fsp3) is 0.250. The standard InChI is InChI=1S/C6H5BrFNO.C2H6/c7-3-1-4(8)6(10)5(9)2-3;1-2/h1-2,10H,9H2;1-2H3. The molecule has 1 aromatic rings. The zero-order valence-electron chi connectivity index (χ0n) is 6.94. The van der Waals surface area contributed by atoms with Crippen molar-refractivity contribution in [3.63, 3.8) is 0 Å². The number of rotatable bonds is 0. The first-order valence-corrected chi connectivity index (χ1v) is 4.34. The highest BCUT2D eigenvalue weighted by Gasteiger charge is 2.04. The number of phenols is 1. The van der Waals surface area contributed by atoms with E-state index in [1.807, 2.05) is 13.8 Å². The van der Waals surface area contributed by atoms with E-state index in [4.69, 9.17) is 10.8 Å². The Hall–Kier alpha value is -0.770. The van der Waals surface area contributed by atoms with Crippen LogP contribution in [0.15, 0.2) is 16.6 Å². The topological polar surface area (TPSA) is 46.2 Å². The van der Waals surface area contributed by atoms with Crippen LogP contribution in [0.5, 0.6) is 5.75 Å². The Labute approximate surface area is 79.3 Å². The van der Waals surface area contributed by atoms with Gasteiger partial charge in [-0.3, -0.25) is 0 Å². The molecule has 0 fully saturated rings. The minimum atomic E-state index is -0.716. The maximum Gasteiger partial charge on any atom is 0.174 e. The highest BCUT2D eigenvalue weighted by atomic mass is 79.9. The number of nitrogens with two attached hydrogens (primary N) is 1. The van der Waals surface area contributed by atoms with Crippen LogP contribution in [0.2, 0.25) is 0 Å². The Morgan fingerprint density at radius 2 is 1.92 bits per heavy atom. The normalized spacial score (nSPS) is 8.67. The van der Waals surface area contributed by atoms with Gasteiger partial charge in [-0.1, -0.05) is 29.8 Å². The molecule has 0 atom stereocenters. The Kier molecular flexibility index (Phi) is 4.66. The van der Waals surface area contributed by atoms with E-state index in [1.165, 1.54) is 6.07 Å². The van der Waals surface area contributed by atoms with Crippen LogP contribution in [0.4, 0.5) is 10.1 Å². The van der Waals surface area contributed by atoms with Crippen molar-refractivity contribution >= 4 is 21.6 Å². The smallest absolute Gasteiger partial charge is 0.174 e. The molecular weight excluding hydrogens is 225 g/mol. The van der Waals surface area contributed by atoms with Gasteiger partial charge in [0.15, 0.2) is 11.6 Å². The molecule has 0 bridgehead atoms. The van der Waals surface area contributed by atoms with Gasteiger partial charge in [-0.25, -0.2) is 4.39 Å². The zero-order chi connectivity index (χ0) is 9.72. The first kappa shape index (κ1) is 11.2. The van der Waals surface area contributed by atoms with E-state index >= 15 is 0 Å². The van der Waals surface area contributed by atoms with Gasteiger partial charge in [0, 0.05) is 4.47 Å². The summed E-state index contributed by atoms with van der Waals surface area (Å²) in [6.45, 7) is 4.00. The number of aromatic hydroxyl groups is 1. The van der Waals surface area contributed by atoms with Crippen molar-refractivity contribution in [3.8, 4) is 5.75 Å². The highest BCUT2D eigenvalue weighted by Crippen LogP contribution is 2.27. The van der Waals surface area contributed by atoms with Crippen LogP contribution in [0.1, 0.15) is 13.8 Å². The molecule has 0 radical (unpaired) electrons. The summed E-state index contributed by atoms with van der Waals surface area (Å²) in [6, 6.07) is 2.57. The van der Waals surface area contributed by atoms with E-state index in [0.717, 1.165) is 6.07 Å². The van der Waals surface area contributed by atoms with Gasteiger partial charge < -0.3 is 10.8 Å². The molecule has 0 aliphatic heterocycles. The fourth-order valence-corrected chi connectivity index (χ4v) is 1.03. The number of phenolic OH excluding ortho intramolecular Hbond substituents is 1. The maximum atomic E-state index is 12.5. The first-order chi connectivity index (χ1) is 5.61. The molecule has 0 unspecified atom stereocenters. The quantitative estimate of drug-likeness (QED) is 0.537. The third kappa shape index (κ3) is 2.70. The van der Waals surface area contributed by atoms with Gasteiger partial charge >= 0.3 is 0 Å². The number of nitrogen functional groups attached to an aromatic ring is 1. The monoisotopic (exact) mass is 235 g/mol. The molecule has 1 aromatic carbocycles. The van der Waals surface area contributed by atoms with Crippen LogP contribution in [0.25, 0.3) is 0 Å². The second-order valence-electron chi connectivity index (χ2n) is 1.83. The molecule has 4 heteroatoms. The Morgan fingerprint density at radius 1 is 1.42 bits per heavy atom. The first-order valence-electron chi connectivity index (χ1n) is 3.54. The SMILES string of the molecule is CC.Nc1cc(Br)cc(F)c1O. The predicted molar refractivity (Wildman–Crippen MR) is 51.5 cm³/mol. The Balaban J connectivity index is 0.000000561. The molecule has 1 rings (SSSR count). The van der Waals surface area contributed by atoms with E-state index in [1.54, 1.807) is 0 Å². The molecule has 0 heterocycles. The Bertz CT molecular complexity index is 242. The summed E-state index contributed by atoms with van der Waals surface area (Å²) >= 11 is 3.02. The van der Waals surface area contributed by atoms with E-state index in [2.05, 4.69) is 15.9 Å². The fourth-order valence-electron chi connectivity index (χ4n) is 0.586. The summed E-state index contributed by atoms with van der Waals surface area (Å²) in [4.78, 5) is 0. The molecule has 3 N–H and O–H groups in total. The highest BCUT2D eigenvalue weighted by molar-refractivity contribution is 9.10. The van der Waals surface area contributed by atoms with Crippen molar-refractivity contribution in [2.45, 2.75) is 13.8 Å². The summed E-state index contributed by atoms with van der Waals surface area (Å²) in [5.41, 5.74) is 5.24. The van der Waals surface area contributed by atoms with Crippen molar-refractivity contribution in [2.24, 2.45) is 0 Å². The van der Waals surface area contributed by atoms with Crippen LogP contribution >= 0.6 is 15.9 Å². The van der Waals surface area contributed by atoms with Crippen molar-refractivity contribution in [2.75, 3.05) is 5.73 Å². The van der Waals surface area contributed by atoms with Gasteiger partial charge in [-0.2, -0.15) is 0 Å². The van der Waals surface area contributed by atoms with Gasteiger partial charge in [0.2, 0.25) is 0 Å². The predicted octanol–water partition coefficient (Wildman–Crippen LogP) is 2.90. The van der Waals surface area contributed by atoms with Crippen LogP contribution in [-0.2, 0) is 0 Å². The Morgan fingerprint density at radius 3 is 2.33 bits per heavy atom. The zero-order valence-corrected chi connectivity index (χ0v) is 8.52. The van der Waals surface area contributed by atoms with Gasteiger partial charge in [0.25, 0.3) is 0 Å². The van der Waals surface area contributed by atoms with Gasteiger partial charge in [-0.05, 0) is 12.1 Å². The third-order valence-corrected chi connectivity index (χ3v) is 1.52. The van der Waals surface area contributed by atoms with E-state index in [0.29, 0.717) is 4.47 Å². The minimum absolute atomic E-state index is 0.0341. The second kappa shape index (κ2) is 4.98. The van der Waals surface area contributed by atoms with Crippen molar-refractivity contribution in [3.05, 3.63) is 22.4 Å². The molecule has 0 saturated heterocycles. The van der Waals surface area contributed by atoms with Crippen molar-refractivity contribution in [1.29, 1.82) is 0 Å². The number of hydrogen-bond donors (Lipinski definition) is 2. The molecule has 0 amide bonds. The van der Waals surface area contributed by atoms with Gasteiger partial charge in [0.1, 0.15) is 0 Å². The van der Waals surface area contributed by atoms with Crippen LogP contribution in [0.3, 0.4) is 0 Å². The molecule has 0 saturated carbocycles. The van der Waals surface area contributed by atoms with E-state index in [-0.39, 0.29) is 5.69 Å². The lowest BCUT2D eigenvalue weighted by molar-refractivity contribution is 0.435. The summed E-state index contributed by atoms with van der Waals surface area (Å²) < 4.78 is 13.0. The summed E-state index contributed by atoms with van der Waals surface area (Å²) in [7, 11) is 0. The molecule has 0 aromatic heterocycles. The molecule has 2 nitrogen and oxygen atoms in total. The lowest BCUT2D eigenvalue weighted by Gasteiger charge is -1.99. The summed E-state index contributed by atoms with van der Waals surface area (Å²) in [5.74, 6) is -1.21. The second-order valence-corrected chi connectivity index (χ2v) is 2.74. The van der Waals surface area contributed by atoms with Crippen molar-refractivity contribution in [1.82, 2.24) is 0 Å². The molecule has 0 aliphatic carbocycles.